The molecule has 2 aromatic carbocycles. The van der Waals surface area contributed by atoms with Crippen molar-refractivity contribution in [3.05, 3.63) is 89.3 Å². The van der Waals surface area contributed by atoms with Crippen LogP contribution in [0.2, 0.25) is 0 Å². The second-order valence-electron chi connectivity index (χ2n) is 5.30. The van der Waals surface area contributed by atoms with Crippen LogP contribution in [0.4, 0.5) is 0 Å². The average Bonchev–Trinajstić information content (AvgIpc) is 3.01. The minimum Gasteiger partial charge on any atom is -0.457 e. The highest BCUT2D eigenvalue weighted by molar-refractivity contribution is 5.82. The molecule has 1 aromatic heterocycles. The standard InChI is InChI=1S/C19H17NO3/c1-14-12-17(23-20-14)13-22-19(21)18(15-8-4-2-5-9-15)16-10-6-3-7-11-16/h2-12,18H,13H2,1H3. The van der Waals surface area contributed by atoms with Crippen LogP contribution in [0.1, 0.15) is 28.5 Å². The lowest BCUT2D eigenvalue weighted by molar-refractivity contribution is -0.146. The minimum atomic E-state index is -0.457. The van der Waals surface area contributed by atoms with Gasteiger partial charge in [-0.3, -0.25) is 4.79 Å². The highest BCUT2D eigenvalue weighted by atomic mass is 16.5. The van der Waals surface area contributed by atoms with Gasteiger partial charge < -0.3 is 9.26 Å². The number of hydrogen-bond acceptors (Lipinski definition) is 4. The Hall–Kier alpha value is -2.88. The quantitative estimate of drug-likeness (QED) is 0.672. The third-order valence-electron chi connectivity index (χ3n) is 3.53. The number of benzene rings is 2. The molecule has 0 amide bonds. The Morgan fingerprint density at radius 2 is 1.61 bits per heavy atom. The second-order valence-corrected chi connectivity index (χ2v) is 5.30. The number of carbonyl (C=O) groups excluding carboxylic acids is 1. The van der Waals surface area contributed by atoms with Crippen molar-refractivity contribution in [2.45, 2.75) is 19.4 Å². The lowest BCUT2D eigenvalue weighted by Crippen LogP contribution is -2.17. The fraction of sp³-hybridized carbons (Fsp3) is 0.158. The van der Waals surface area contributed by atoms with E-state index in [0.717, 1.165) is 16.8 Å². The number of carbonyl (C=O) groups is 1. The van der Waals surface area contributed by atoms with Crippen LogP contribution < -0.4 is 0 Å². The molecule has 0 aliphatic carbocycles. The van der Waals surface area contributed by atoms with Crippen molar-refractivity contribution in [2.75, 3.05) is 0 Å². The van der Waals surface area contributed by atoms with Crippen molar-refractivity contribution in [3.63, 3.8) is 0 Å². The molecule has 4 heteroatoms. The molecule has 3 rings (SSSR count). The van der Waals surface area contributed by atoms with E-state index in [4.69, 9.17) is 9.26 Å². The Labute approximate surface area is 134 Å². The maximum atomic E-state index is 12.6. The van der Waals surface area contributed by atoms with Gasteiger partial charge >= 0.3 is 5.97 Å². The molecule has 23 heavy (non-hydrogen) atoms. The van der Waals surface area contributed by atoms with Crippen molar-refractivity contribution in [3.8, 4) is 0 Å². The first-order chi connectivity index (χ1) is 11.2. The molecule has 0 saturated carbocycles. The van der Waals surface area contributed by atoms with Crippen LogP contribution in [-0.2, 0) is 16.1 Å². The maximum absolute atomic E-state index is 12.6. The first kappa shape index (κ1) is 15.0. The average molecular weight is 307 g/mol. The van der Waals surface area contributed by atoms with Crippen LogP contribution >= 0.6 is 0 Å². The zero-order chi connectivity index (χ0) is 16.1. The number of aryl methyl sites for hydroxylation is 1. The number of nitrogens with zero attached hydrogens (tertiary/aromatic N) is 1. The molecule has 0 bridgehead atoms. The molecule has 4 nitrogen and oxygen atoms in total. The molecule has 0 fully saturated rings. The molecule has 0 aliphatic rings. The third-order valence-corrected chi connectivity index (χ3v) is 3.53. The maximum Gasteiger partial charge on any atom is 0.318 e. The van der Waals surface area contributed by atoms with Crippen molar-refractivity contribution in [1.82, 2.24) is 5.16 Å². The second kappa shape index (κ2) is 6.92. The van der Waals surface area contributed by atoms with E-state index in [-0.39, 0.29) is 12.6 Å². The Kier molecular flexibility index (Phi) is 4.52. The molecule has 0 atom stereocenters. The van der Waals surface area contributed by atoms with E-state index < -0.39 is 5.92 Å². The largest absolute Gasteiger partial charge is 0.457 e. The smallest absolute Gasteiger partial charge is 0.318 e. The van der Waals surface area contributed by atoms with Gasteiger partial charge in [0.2, 0.25) is 0 Å². The zero-order valence-electron chi connectivity index (χ0n) is 12.8. The molecule has 3 aromatic rings. The van der Waals surface area contributed by atoms with Crippen LogP contribution in [0.5, 0.6) is 0 Å². The predicted molar refractivity (Wildman–Crippen MR) is 85.8 cm³/mol. The van der Waals surface area contributed by atoms with Crippen molar-refractivity contribution in [2.24, 2.45) is 0 Å². The highest BCUT2D eigenvalue weighted by Gasteiger charge is 2.24. The van der Waals surface area contributed by atoms with E-state index in [1.165, 1.54) is 0 Å². The summed E-state index contributed by atoms with van der Waals surface area (Å²) in [5.74, 6) is -0.228. The van der Waals surface area contributed by atoms with Gasteiger partial charge in [-0.15, -0.1) is 0 Å². The summed E-state index contributed by atoms with van der Waals surface area (Å²) in [5, 5.41) is 3.79. The molecule has 0 radical (unpaired) electrons. The Bertz CT molecular complexity index is 726. The van der Waals surface area contributed by atoms with E-state index in [2.05, 4.69) is 5.16 Å². The summed E-state index contributed by atoms with van der Waals surface area (Å²) in [5.41, 5.74) is 2.56. The minimum absolute atomic E-state index is 0.0792. The molecular formula is C19H17NO3. The van der Waals surface area contributed by atoms with Gasteiger partial charge in [-0.25, -0.2) is 0 Å². The zero-order valence-corrected chi connectivity index (χ0v) is 12.8. The lowest BCUT2D eigenvalue weighted by Gasteiger charge is -2.16. The number of aromatic nitrogens is 1. The molecule has 1 heterocycles. The number of rotatable bonds is 5. The highest BCUT2D eigenvalue weighted by Crippen LogP contribution is 2.26. The Morgan fingerprint density at radius 1 is 1.04 bits per heavy atom. The molecular weight excluding hydrogens is 290 g/mol. The van der Waals surface area contributed by atoms with Gasteiger partial charge in [0, 0.05) is 6.07 Å². The van der Waals surface area contributed by atoms with Gasteiger partial charge in [-0.1, -0.05) is 65.8 Å². The number of hydrogen-bond donors (Lipinski definition) is 0. The van der Waals surface area contributed by atoms with Gasteiger partial charge in [-0.2, -0.15) is 0 Å². The van der Waals surface area contributed by atoms with E-state index in [1.54, 1.807) is 6.07 Å². The molecule has 0 saturated heterocycles. The van der Waals surface area contributed by atoms with Gasteiger partial charge in [0.15, 0.2) is 12.4 Å². The number of esters is 1. The summed E-state index contributed by atoms with van der Waals surface area (Å²) in [7, 11) is 0. The topological polar surface area (TPSA) is 52.3 Å². The van der Waals surface area contributed by atoms with Crippen LogP contribution in [0.25, 0.3) is 0 Å². The summed E-state index contributed by atoms with van der Waals surface area (Å²) in [6.45, 7) is 1.90. The summed E-state index contributed by atoms with van der Waals surface area (Å²) in [4.78, 5) is 12.6. The van der Waals surface area contributed by atoms with Crippen molar-refractivity contribution in [1.29, 1.82) is 0 Å². The normalized spacial score (nSPS) is 10.7. The van der Waals surface area contributed by atoms with Crippen LogP contribution in [0.3, 0.4) is 0 Å². The van der Waals surface area contributed by atoms with Gasteiger partial charge in [-0.05, 0) is 18.1 Å². The molecule has 116 valence electrons. The van der Waals surface area contributed by atoms with Crippen molar-refractivity contribution >= 4 is 5.97 Å². The molecule has 0 aliphatic heterocycles. The van der Waals surface area contributed by atoms with Gasteiger partial charge in [0.25, 0.3) is 0 Å². The van der Waals surface area contributed by atoms with Gasteiger partial charge in [0.1, 0.15) is 5.92 Å². The SMILES string of the molecule is Cc1cc(COC(=O)C(c2ccccc2)c2ccccc2)on1. The summed E-state index contributed by atoms with van der Waals surface area (Å²) in [6, 6.07) is 21.0. The molecule has 0 unspecified atom stereocenters. The predicted octanol–water partition coefficient (Wildman–Crippen LogP) is 3.86. The summed E-state index contributed by atoms with van der Waals surface area (Å²) < 4.78 is 10.5. The Balaban J connectivity index is 1.82. The lowest BCUT2D eigenvalue weighted by atomic mass is 9.91. The van der Waals surface area contributed by atoms with Crippen LogP contribution in [-0.4, -0.2) is 11.1 Å². The summed E-state index contributed by atoms with van der Waals surface area (Å²) >= 11 is 0. The van der Waals surface area contributed by atoms with Crippen LogP contribution in [0.15, 0.2) is 71.3 Å². The first-order valence-electron chi connectivity index (χ1n) is 7.43. The van der Waals surface area contributed by atoms with Crippen molar-refractivity contribution < 1.29 is 14.1 Å². The monoisotopic (exact) mass is 307 g/mol. The Morgan fingerprint density at radius 3 is 2.09 bits per heavy atom. The van der Waals surface area contributed by atoms with E-state index in [1.807, 2.05) is 67.6 Å². The van der Waals surface area contributed by atoms with E-state index in [9.17, 15) is 4.79 Å². The fourth-order valence-corrected chi connectivity index (χ4v) is 2.47. The number of ether oxygens (including phenoxy) is 1. The van der Waals surface area contributed by atoms with E-state index >= 15 is 0 Å². The summed E-state index contributed by atoms with van der Waals surface area (Å²) in [6.07, 6.45) is 0. The molecule has 0 N–H and O–H groups in total. The molecule has 0 spiro atoms. The fourth-order valence-electron chi connectivity index (χ4n) is 2.47. The first-order valence-corrected chi connectivity index (χ1v) is 7.43. The third kappa shape index (κ3) is 3.66. The van der Waals surface area contributed by atoms with E-state index in [0.29, 0.717) is 5.76 Å². The van der Waals surface area contributed by atoms with Gasteiger partial charge in [0.05, 0.1) is 5.69 Å². The van der Waals surface area contributed by atoms with Crippen LogP contribution in [0, 0.1) is 6.92 Å².